The second-order valence-electron chi connectivity index (χ2n) is 5.19. The second-order valence-corrected chi connectivity index (χ2v) is 5.19. The van der Waals surface area contributed by atoms with Gasteiger partial charge < -0.3 is 14.2 Å². The average Bonchev–Trinajstić information content (AvgIpc) is 2.25. The molecule has 18 heavy (non-hydrogen) atoms. The number of hydrogen-bond acceptors (Lipinski definition) is 4. The van der Waals surface area contributed by atoms with Crippen molar-refractivity contribution in [3.8, 4) is 0 Å². The maximum absolute atomic E-state index is 11.0. The molecule has 0 radical (unpaired) electrons. The van der Waals surface area contributed by atoms with Crippen molar-refractivity contribution in [3.05, 3.63) is 0 Å². The zero-order valence-corrected chi connectivity index (χ0v) is 12.3. The summed E-state index contributed by atoms with van der Waals surface area (Å²) in [6.07, 6.45) is 3.37. The quantitative estimate of drug-likeness (QED) is 0.447. The standard InChI is InChI=1S/C14H28O4/c1-5-17-13(15)9-7-6-8-10-16-11-12-18-14(2,3)4/h5-12H2,1-4H3. The molecular weight excluding hydrogens is 232 g/mol. The van der Waals surface area contributed by atoms with Gasteiger partial charge in [-0.25, -0.2) is 0 Å². The molecule has 4 nitrogen and oxygen atoms in total. The highest BCUT2D eigenvalue weighted by molar-refractivity contribution is 5.69. The van der Waals surface area contributed by atoms with Gasteiger partial charge in [-0.2, -0.15) is 0 Å². The van der Waals surface area contributed by atoms with Crippen LogP contribution in [0.2, 0.25) is 0 Å². The van der Waals surface area contributed by atoms with Crippen LogP contribution in [0, 0.1) is 0 Å². The van der Waals surface area contributed by atoms with Crippen LogP contribution >= 0.6 is 0 Å². The third-order valence-corrected chi connectivity index (χ3v) is 2.24. The molecule has 0 unspecified atom stereocenters. The summed E-state index contributed by atoms with van der Waals surface area (Å²) in [7, 11) is 0. The second kappa shape index (κ2) is 10.3. The molecule has 0 N–H and O–H groups in total. The molecule has 0 bridgehead atoms. The number of ether oxygens (including phenoxy) is 3. The van der Waals surface area contributed by atoms with Gasteiger partial charge in [-0.05, 0) is 40.5 Å². The maximum Gasteiger partial charge on any atom is 0.305 e. The Morgan fingerprint density at radius 2 is 1.72 bits per heavy atom. The van der Waals surface area contributed by atoms with E-state index in [4.69, 9.17) is 14.2 Å². The molecule has 0 fully saturated rings. The Hall–Kier alpha value is -0.610. The van der Waals surface area contributed by atoms with E-state index in [-0.39, 0.29) is 11.6 Å². The van der Waals surface area contributed by atoms with Crippen molar-refractivity contribution >= 4 is 5.97 Å². The Bertz CT molecular complexity index is 208. The first-order valence-electron chi connectivity index (χ1n) is 6.83. The van der Waals surface area contributed by atoms with Gasteiger partial charge in [0.25, 0.3) is 0 Å². The SMILES string of the molecule is CCOC(=O)CCCCCOCCOC(C)(C)C. The summed E-state index contributed by atoms with van der Waals surface area (Å²) in [5, 5.41) is 0. The molecule has 0 rings (SSSR count). The molecule has 0 saturated carbocycles. The number of hydrogen-bond donors (Lipinski definition) is 0. The Kier molecular flexibility index (Phi) is 9.98. The molecule has 0 amide bonds. The van der Waals surface area contributed by atoms with Gasteiger partial charge in [0.15, 0.2) is 0 Å². The largest absolute Gasteiger partial charge is 0.466 e. The van der Waals surface area contributed by atoms with E-state index < -0.39 is 0 Å². The summed E-state index contributed by atoms with van der Waals surface area (Å²) < 4.78 is 15.8. The highest BCUT2D eigenvalue weighted by Crippen LogP contribution is 2.06. The molecule has 0 aromatic heterocycles. The number of esters is 1. The fourth-order valence-corrected chi connectivity index (χ4v) is 1.39. The van der Waals surface area contributed by atoms with E-state index in [0.717, 1.165) is 25.9 Å². The predicted molar refractivity (Wildman–Crippen MR) is 71.6 cm³/mol. The van der Waals surface area contributed by atoms with Gasteiger partial charge in [0.2, 0.25) is 0 Å². The van der Waals surface area contributed by atoms with E-state index in [1.165, 1.54) is 0 Å². The van der Waals surface area contributed by atoms with Crippen LogP contribution < -0.4 is 0 Å². The molecule has 0 spiro atoms. The van der Waals surface area contributed by atoms with E-state index in [2.05, 4.69) is 0 Å². The maximum atomic E-state index is 11.0. The van der Waals surface area contributed by atoms with Crippen molar-refractivity contribution in [2.24, 2.45) is 0 Å². The third-order valence-electron chi connectivity index (χ3n) is 2.24. The molecule has 0 aromatic carbocycles. The zero-order valence-electron chi connectivity index (χ0n) is 12.3. The van der Waals surface area contributed by atoms with Gasteiger partial charge in [0.1, 0.15) is 0 Å². The van der Waals surface area contributed by atoms with Gasteiger partial charge in [-0.3, -0.25) is 4.79 Å². The lowest BCUT2D eigenvalue weighted by atomic mass is 10.2. The summed E-state index contributed by atoms with van der Waals surface area (Å²) in [5.74, 6) is -0.100. The lowest BCUT2D eigenvalue weighted by molar-refractivity contribution is -0.143. The van der Waals surface area contributed by atoms with Crippen LogP contribution in [0.25, 0.3) is 0 Å². The predicted octanol–water partition coefficient (Wildman–Crippen LogP) is 2.94. The van der Waals surface area contributed by atoms with E-state index in [0.29, 0.717) is 26.2 Å². The topological polar surface area (TPSA) is 44.8 Å². The van der Waals surface area contributed by atoms with Gasteiger partial charge in [-0.1, -0.05) is 6.42 Å². The summed E-state index contributed by atoms with van der Waals surface area (Å²) in [4.78, 5) is 11.0. The molecule has 0 saturated heterocycles. The lowest BCUT2D eigenvalue weighted by Crippen LogP contribution is -2.21. The highest BCUT2D eigenvalue weighted by atomic mass is 16.5. The van der Waals surface area contributed by atoms with E-state index in [1.54, 1.807) is 0 Å². The normalized spacial score (nSPS) is 11.6. The van der Waals surface area contributed by atoms with Crippen molar-refractivity contribution in [1.82, 2.24) is 0 Å². The molecule has 0 aliphatic heterocycles. The van der Waals surface area contributed by atoms with Crippen molar-refractivity contribution in [3.63, 3.8) is 0 Å². The number of rotatable bonds is 10. The van der Waals surface area contributed by atoms with Gasteiger partial charge in [0.05, 0.1) is 25.4 Å². The molecule has 0 aliphatic rings. The van der Waals surface area contributed by atoms with Crippen LogP contribution in [0.4, 0.5) is 0 Å². The van der Waals surface area contributed by atoms with Crippen LogP contribution in [0.1, 0.15) is 53.4 Å². The van der Waals surface area contributed by atoms with E-state index in [1.807, 2.05) is 27.7 Å². The first-order valence-corrected chi connectivity index (χ1v) is 6.83. The van der Waals surface area contributed by atoms with Gasteiger partial charge >= 0.3 is 5.97 Å². The first-order chi connectivity index (χ1) is 8.45. The molecular formula is C14H28O4. The van der Waals surface area contributed by atoms with Gasteiger partial charge in [0, 0.05) is 13.0 Å². The van der Waals surface area contributed by atoms with Crippen molar-refractivity contribution < 1.29 is 19.0 Å². The number of unbranched alkanes of at least 4 members (excludes halogenated alkanes) is 2. The zero-order chi connectivity index (χ0) is 13.9. The van der Waals surface area contributed by atoms with Crippen molar-refractivity contribution in [2.45, 2.75) is 59.0 Å². The molecule has 4 heteroatoms. The highest BCUT2D eigenvalue weighted by Gasteiger charge is 2.08. The summed E-state index contributed by atoms with van der Waals surface area (Å²) in [6, 6.07) is 0. The van der Waals surface area contributed by atoms with Crippen molar-refractivity contribution in [2.75, 3.05) is 26.4 Å². The first kappa shape index (κ1) is 17.4. The van der Waals surface area contributed by atoms with Crippen LogP contribution in [-0.2, 0) is 19.0 Å². The monoisotopic (exact) mass is 260 g/mol. The molecule has 0 aromatic rings. The Labute approximate surface area is 111 Å². The molecule has 0 atom stereocenters. The smallest absolute Gasteiger partial charge is 0.305 e. The van der Waals surface area contributed by atoms with E-state index >= 15 is 0 Å². The number of carbonyl (C=O) groups is 1. The minimum absolute atomic E-state index is 0.0942. The molecule has 108 valence electrons. The Morgan fingerprint density at radius 1 is 1.00 bits per heavy atom. The fraction of sp³-hybridized carbons (Fsp3) is 0.929. The van der Waals surface area contributed by atoms with Crippen LogP contribution in [0.3, 0.4) is 0 Å². The van der Waals surface area contributed by atoms with Crippen LogP contribution in [0.15, 0.2) is 0 Å². The average molecular weight is 260 g/mol. The van der Waals surface area contributed by atoms with E-state index in [9.17, 15) is 4.79 Å². The van der Waals surface area contributed by atoms with Gasteiger partial charge in [-0.15, -0.1) is 0 Å². The minimum Gasteiger partial charge on any atom is -0.466 e. The van der Waals surface area contributed by atoms with Crippen LogP contribution in [-0.4, -0.2) is 38.0 Å². The summed E-state index contributed by atoms with van der Waals surface area (Å²) in [6.45, 7) is 10.4. The summed E-state index contributed by atoms with van der Waals surface area (Å²) >= 11 is 0. The lowest BCUT2D eigenvalue weighted by Gasteiger charge is -2.19. The molecule has 0 heterocycles. The minimum atomic E-state index is -0.100. The molecule has 0 aliphatic carbocycles. The Balaban J connectivity index is 3.15. The Morgan fingerprint density at radius 3 is 2.33 bits per heavy atom. The fourth-order valence-electron chi connectivity index (χ4n) is 1.39. The third kappa shape index (κ3) is 13.5. The number of carbonyl (C=O) groups excluding carboxylic acids is 1. The summed E-state index contributed by atoms with van der Waals surface area (Å²) in [5.41, 5.74) is -0.0942. The van der Waals surface area contributed by atoms with Crippen LogP contribution in [0.5, 0.6) is 0 Å². The van der Waals surface area contributed by atoms with Crippen molar-refractivity contribution in [1.29, 1.82) is 0 Å².